The maximum absolute atomic E-state index is 9.86. The van der Waals surface area contributed by atoms with Crippen LogP contribution in [0.2, 0.25) is 0 Å². The molecule has 12 aromatic rings. The van der Waals surface area contributed by atoms with Gasteiger partial charge in [-0.05, 0) is 58.6 Å². The quantitative estimate of drug-likeness (QED) is 0.175. The fourth-order valence-corrected chi connectivity index (χ4v) is 8.38. The van der Waals surface area contributed by atoms with Crippen LogP contribution >= 0.6 is 11.3 Å². The minimum Gasteiger partial charge on any atom is -0.278 e. The molecule has 4 heterocycles. The van der Waals surface area contributed by atoms with Crippen LogP contribution in [0.3, 0.4) is 0 Å². The number of benzene rings is 8. The second-order valence-corrected chi connectivity index (χ2v) is 14.0. The molecule has 0 fully saturated rings. The van der Waals surface area contributed by atoms with Crippen LogP contribution in [0.4, 0.5) is 0 Å². The van der Waals surface area contributed by atoms with Crippen LogP contribution < -0.4 is 0 Å². The summed E-state index contributed by atoms with van der Waals surface area (Å²) in [6, 6.07) is 6.03. The lowest BCUT2D eigenvalue weighted by Gasteiger charge is -2.13. The highest BCUT2D eigenvalue weighted by molar-refractivity contribution is 7.25. The molecule has 0 unspecified atom stereocenters. The van der Waals surface area contributed by atoms with Crippen LogP contribution in [-0.2, 0) is 0 Å². The molecular formula is C51H31N5S. The van der Waals surface area contributed by atoms with E-state index in [4.69, 9.17) is 32.8 Å². The highest BCUT2D eigenvalue weighted by Gasteiger charge is 2.21. The van der Waals surface area contributed by atoms with E-state index >= 15 is 0 Å². The number of nitrogens with zero attached hydrogens (tertiary/aromatic N) is 5. The molecule has 0 N–H and O–H groups in total. The Labute approximate surface area is 359 Å². The maximum Gasteiger partial charge on any atom is 0.240 e. The number of rotatable bonds is 5. The molecule has 0 amide bonds. The number of thiophene rings is 1. The minimum absolute atomic E-state index is 0.218. The summed E-state index contributed by atoms with van der Waals surface area (Å²) < 4.78 is 183. The number of hydrogen-bond acceptors (Lipinski definition) is 4. The van der Waals surface area contributed by atoms with Gasteiger partial charge in [0, 0.05) is 47.3 Å². The van der Waals surface area contributed by atoms with Crippen LogP contribution in [-0.4, -0.2) is 24.1 Å². The van der Waals surface area contributed by atoms with E-state index in [1.807, 2.05) is 30.3 Å². The van der Waals surface area contributed by atoms with Gasteiger partial charge < -0.3 is 0 Å². The van der Waals surface area contributed by atoms with Crippen LogP contribution in [0.1, 0.15) is 27.4 Å². The minimum atomic E-state index is -0.818. The predicted octanol–water partition coefficient (Wildman–Crippen LogP) is 13.4. The van der Waals surface area contributed by atoms with E-state index in [0.29, 0.717) is 0 Å². The normalized spacial score (nSPS) is 16.8. The fourth-order valence-electron chi connectivity index (χ4n) is 7.23. The van der Waals surface area contributed by atoms with Gasteiger partial charge in [0.2, 0.25) is 11.9 Å². The summed E-state index contributed by atoms with van der Waals surface area (Å²) in [6.45, 7) is 0. The first-order valence-electron chi connectivity index (χ1n) is 27.5. The van der Waals surface area contributed by atoms with E-state index in [2.05, 4.69) is 12.1 Å². The van der Waals surface area contributed by atoms with Crippen LogP contribution in [0.25, 0.3) is 109 Å². The van der Waals surface area contributed by atoms with Crippen molar-refractivity contribution < 1.29 is 27.4 Å². The molecule has 0 spiro atoms. The van der Waals surface area contributed by atoms with Gasteiger partial charge in [-0.2, -0.15) is 15.0 Å². The molecule has 12 rings (SSSR count). The lowest BCUT2D eigenvalue weighted by molar-refractivity contribution is 0.893. The van der Waals surface area contributed by atoms with Gasteiger partial charge in [0.05, 0.1) is 49.5 Å². The molecule has 0 saturated heterocycles. The summed E-state index contributed by atoms with van der Waals surface area (Å²) in [6.07, 6.45) is 0. The Morgan fingerprint density at radius 1 is 0.386 bits per heavy atom. The van der Waals surface area contributed by atoms with Crippen molar-refractivity contribution in [2.45, 2.75) is 0 Å². The summed E-state index contributed by atoms with van der Waals surface area (Å²) in [5.74, 6) is -1.34. The zero-order chi connectivity index (χ0) is 54.9. The summed E-state index contributed by atoms with van der Waals surface area (Å²) in [5, 5.41) is 0.789. The van der Waals surface area contributed by atoms with Crippen molar-refractivity contribution >= 4 is 75.1 Å². The molecule has 0 bridgehead atoms. The summed E-state index contributed by atoms with van der Waals surface area (Å²) >= 11 is 1.64. The number of fused-ring (bicyclic) bond motifs is 9. The van der Waals surface area contributed by atoms with Gasteiger partial charge in [0.1, 0.15) is 0 Å². The molecule has 6 heteroatoms. The van der Waals surface area contributed by atoms with Crippen molar-refractivity contribution in [2.24, 2.45) is 0 Å². The fraction of sp³-hybridized carbons (Fsp3) is 0. The first kappa shape index (κ1) is 18.0. The van der Waals surface area contributed by atoms with Crippen LogP contribution in [0.5, 0.6) is 0 Å². The van der Waals surface area contributed by atoms with Gasteiger partial charge in [0.25, 0.3) is 0 Å². The molecule has 0 saturated carbocycles. The van der Waals surface area contributed by atoms with E-state index in [1.54, 1.807) is 35.6 Å². The monoisotopic (exact) mass is 765 g/mol. The Morgan fingerprint density at radius 2 is 0.930 bits per heavy atom. The number of para-hydroxylation sites is 3. The zero-order valence-corrected chi connectivity index (χ0v) is 29.8. The third kappa shape index (κ3) is 5.04. The molecule has 57 heavy (non-hydrogen) atoms. The van der Waals surface area contributed by atoms with E-state index in [9.17, 15) is 9.60 Å². The lowest BCUT2D eigenvalue weighted by Crippen LogP contribution is -2.10. The maximum atomic E-state index is 9.86. The van der Waals surface area contributed by atoms with Crippen molar-refractivity contribution in [3.63, 3.8) is 0 Å². The Balaban J connectivity index is 1.23. The standard InChI is InChI=1S/C51H31N5S/c1-2-12-32(13-3-1)35-26-28-40-39-16-6-10-20-45(39)56(46(40)30-35)51-53-49(52-50(54-51)55-43-18-8-4-14-37(43)38-15-5-9-19-44(38)55)34-24-22-33(23-25-34)36-27-29-42-41-17-7-11-21-47(41)57-48(42)31-36/h1-31H/i1D,2D,3D,4D,5D,6D,8D,9D,10D,12D,13D,14D,15D,16D,18D,19D,20D,26D,28D,30D. The third-order valence-electron chi connectivity index (χ3n) is 9.81. The van der Waals surface area contributed by atoms with Gasteiger partial charge >= 0.3 is 0 Å². The van der Waals surface area contributed by atoms with Gasteiger partial charge in [-0.3, -0.25) is 9.13 Å². The average molecular weight is 766 g/mol. The first-order chi connectivity index (χ1) is 36.6. The highest BCUT2D eigenvalue weighted by atomic mass is 32.1. The second kappa shape index (κ2) is 12.6. The van der Waals surface area contributed by atoms with E-state index in [1.165, 1.54) is 0 Å². The lowest BCUT2D eigenvalue weighted by atomic mass is 10.0. The molecular weight excluding hydrogens is 715 g/mol. The largest absolute Gasteiger partial charge is 0.278 e. The molecule has 0 aliphatic rings. The van der Waals surface area contributed by atoms with E-state index in [0.717, 1.165) is 40.4 Å². The van der Waals surface area contributed by atoms with Crippen molar-refractivity contribution in [3.8, 4) is 45.5 Å². The van der Waals surface area contributed by atoms with Crippen molar-refractivity contribution in [1.82, 2.24) is 24.1 Å². The first-order valence-corrected chi connectivity index (χ1v) is 18.3. The molecule has 5 nitrogen and oxygen atoms in total. The van der Waals surface area contributed by atoms with Gasteiger partial charge in [-0.25, -0.2) is 0 Å². The molecule has 0 aliphatic heterocycles. The Hall–Kier alpha value is -7.41. The molecule has 8 aromatic carbocycles. The summed E-state index contributed by atoms with van der Waals surface area (Å²) in [7, 11) is 0. The Bertz CT molecular complexity index is 4600. The number of hydrogen-bond donors (Lipinski definition) is 0. The summed E-state index contributed by atoms with van der Waals surface area (Å²) in [5.41, 5.74) is -1.05. The molecule has 4 aromatic heterocycles. The molecule has 0 radical (unpaired) electrons. The van der Waals surface area contributed by atoms with Crippen molar-refractivity contribution in [2.75, 3.05) is 0 Å². The summed E-state index contributed by atoms with van der Waals surface area (Å²) in [4.78, 5) is 14.5. The smallest absolute Gasteiger partial charge is 0.240 e. The topological polar surface area (TPSA) is 48.5 Å². The van der Waals surface area contributed by atoms with Crippen LogP contribution in [0.15, 0.2) is 188 Å². The second-order valence-electron chi connectivity index (χ2n) is 13.0. The predicted molar refractivity (Wildman–Crippen MR) is 238 cm³/mol. The van der Waals surface area contributed by atoms with E-state index < -0.39 is 160 Å². The van der Waals surface area contributed by atoms with Crippen LogP contribution in [0, 0.1) is 0 Å². The molecule has 266 valence electrons. The van der Waals surface area contributed by atoms with E-state index in [-0.39, 0.29) is 38.6 Å². The Kier molecular flexibility index (Phi) is 3.97. The zero-order valence-electron chi connectivity index (χ0n) is 49.0. The molecule has 0 atom stereocenters. The van der Waals surface area contributed by atoms with Crippen molar-refractivity contribution in [1.29, 1.82) is 0 Å². The molecule has 0 aliphatic carbocycles. The third-order valence-corrected chi connectivity index (χ3v) is 10.9. The van der Waals surface area contributed by atoms with Crippen molar-refractivity contribution in [3.05, 3.63) is 188 Å². The van der Waals surface area contributed by atoms with Gasteiger partial charge in [-0.1, -0.05) is 151 Å². The van der Waals surface area contributed by atoms with Gasteiger partial charge in [-0.15, -0.1) is 11.3 Å². The average Bonchev–Trinajstić information content (AvgIpc) is 4.16. The van der Waals surface area contributed by atoms with Gasteiger partial charge in [0.15, 0.2) is 5.82 Å². The highest BCUT2D eigenvalue weighted by Crippen LogP contribution is 2.38. The number of aromatic nitrogens is 5. The SMILES string of the molecule is [2H]c1c([2H])c([2H])c(-c2c([2H])c([2H])c3c4c([2H])c([2H])c([2H])c([2H])c4n(-c4nc(-c5ccc(-c6ccc7c(c6)sc6ccccc67)cc5)nc(-n5c6c([2H])c([2H])c([2H])c([2H])c6c6c([2H])c([2H])c([2H])c([2H])c65)n4)c3c2[2H])c([2H])c1[2H]. The Morgan fingerprint density at radius 3 is 1.61 bits per heavy atom.